The van der Waals surface area contributed by atoms with Gasteiger partial charge in [0.2, 0.25) is 0 Å². The Morgan fingerprint density at radius 1 is 1.17 bits per heavy atom. The molecule has 3 heteroatoms. The van der Waals surface area contributed by atoms with Crippen molar-refractivity contribution in [2.75, 3.05) is 0 Å². The van der Waals surface area contributed by atoms with Crippen LogP contribution in [0, 0.1) is 0 Å². The van der Waals surface area contributed by atoms with Crippen LogP contribution in [0.3, 0.4) is 0 Å². The summed E-state index contributed by atoms with van der Waals surface area (Å²) in [4.78, 5) is 0. The second-order valence-corrected chi connectivity index (χ2v) is 5.56. The van der Waals surface area contributed by atoms with Crippen LogP contribution in [0.5, 0.6) is 0 Å². The maximum atomic E-state index is 5.90. The van der Waals surface area contributed by atoms with Gasteiger partial charge in [-0.25, -0.2) is 0 Å². The van der Waals surface area contributed by atoms with Crippen LogP contribution in [-0.4, -0.2) is 24.3 Å². The second kappa shape index (κ2) is 4.65. The Kier molecular flexibility index (Phi) is 3.14. The van der Waals surface area contributed by atoms with Gasteiger partial charge in [-0.15, -0.1) is 0 Å². The number of aryl methyl sites for hydroxylation is 1. The van der Waals surface area contributed by atoms with Crippen LogP contribution in [-0.2, 0) is 20.6 Å². The molecule has 1 aromatic rings. The Bertz CT molecular complexity index is 385. The van der Waals surface area contributed by atoms with Crippen molar-refractivity contribution >= 4 is 0 Å². The molecule has 2 heterocycles. The Labute approximate surface area is 108 Å². The molecule has 98 valence electrons. The molecule has 3 atom stereocenters. The Balaban J connectivity index is 1.50. The highest BCUT2D eigenvalue weighted by atomic mass is 16.8. The van der Waals surface area contributed by atoms with Crippen LogP contribution in [0.2, 0.25) is 0 Å². The molecular weight excluding hydrogens is 228 g/mol. The third kappa shape index (κ3) is 2.58. The average molecular weight is 248 g/mol. The molecule has 18 heavy (non-hydrogen) atoms. The summed E-state index contributed by atoms with van der Waals surface area (Å²) in [5.74, 6) is -0.486. The number of hydrogen-bond donors (Lipinski definition) is 0. The van der Waals surface area contributed by atoms with E-state index < -0.39 is 5.79 Å². The summed E-state index contributed by atoms with van der Waals surface area (Å²) < 4.78 is 17.4. The Hall–Kier alpha value is -0.900. The monoisotopic (exact) mass is 248 g/mol. The molecule has 0 saturated carbocycles. The summed E-state index contributed by atoms with van der Waals surface area (Å²) in [6.07, 6.45) is 3.23. The topological polar surface area (TPSA) is 27.7 Å². The molecule has 2 fully saturated rings. The lowest BCUT2D eigenvalue weighted by Gasteiger charge is -2.20. The molecule has 2 aliphatic heterocycles. The Morgan fingerprint density at radius 2 is 1.94 bits per heavy atom. The van der Waals surface area contributed by atoms with Gasteiger partial charge in [0.05, 0.1) is 6.10 Å². The minimum atomic E-state index is -0.486. The normalized spacial score (nSPS) is 33.6. The van der Waals surface area contributed by atoms with E-state index >= 15 is 0 Å². The van der Waals surface area contributed by atoms with E-state index in [-0.39, 0.29) is 18.5 Å². The van der Waals surface area contributed by atoms with Crippen molar-refractivity contribution in [3.63, 3.8) is 0 Å². The van der Waals surface area contributed by atoms with Crippen LogP contribution in [0.15, 0.2) is 30.3 Å². The summed E-state index contributed by atoms with van der Waals surface area (Å²) >= 11 is 0. The zero-order chi connectivity index (χ0) is 12.6. The lowest BCUT2D eigenvalue weighted by molar-refractivity contribution is -0.205. The van der Waals surface area contributed by atoms with E-state index in [4.69, 9.17) is 14.2 Å². The zero-order valence-corrected chi connectivity index (χ0v) is 11.0. The van der Waals surface area contributed by atoms with E-state index in [0.29, 0.717) is 0 Å². The first kappa shape index (κ1) is 12.2. The van der Waals surface area contributed by atoms with Gasteiger partial charge in [-0.2, -0.15) is 0 Å². The molecule has 3 rings (SSSR count). The molecular formula is C15H20O3. The molecule has 0 N–H and O–H groups in total. The number of hydrogen-bond acceptors (Lipinski definition) is 3. The molecule has 0 spiro atoms. The van der Waals surface area contributed by atoms with Gasteiger partial charge < -0.3 is 14.2 Å². The largest absolute Gasteiger partial charge is 0.346 e. The summed E-state index contributed by atoms with van der Waals surface area (Å²) in [5, 5.41) is 0. The number of fused-ring (bicyclic) bond motifs is 1. The maximum absolute atomic E-state index is 5.90. The highest BCUT2D eigenvalue weighted by molar-refractivity contribution is 5.14. The van der Waals surface area contributed by atoms with Crippen molar-refractivity contribution in [2.45, 2.75) is 57.4 Å². The van der Waals surface area contributed by atoms with Gasteiger partial charge in [0.1, 0.15) is 6.10 Å². The summed E-state index contributed by atoms with van der Waals surface area (Å²) in [6, 6.07) is 10.5. The average Bonchev–Trinajstić information content (AvgIpc) is 2.81. The molecule has 2 saturated heterocycles. The molecule has 1 aromatic carbocycles. The third-order valence-electron chi connectivity index (χ3n) is 3.56. The smallest absolute Gasteiger partial charge is 0.187 e. The fourth-order valence-electron chi connectivity index (χ4n) is 2.74. The first-order valence-corrected chi connectivity index (χ1v) is 6.67. The fraction of sp³-hybridized carbons (Fsp3) is 0.600. The molecule has 0 aliphatic carbocycles. The van der Waals surface area contributed by atoms with Crippen molar-refractivity contribution in [2.24, 2.45) is 0 Å². The lowest BCUT2D eigenvalue weighted by atomic mass is 10.0. The molecule has 3 nitrogen and oxygen atoms in total. The molecule has 0 aromatic heterocycles. The maximum Gasteiger partial charge on any atom is 0.187 e. The van der Waals surface area contributed by atoms with E-state index in [1.54, 1.807) is 0 Å². The second-order valence-electron chi connectivity index (χ2n) is 5.56. The van der Waals surface area contributed by atoms with E-state index in [2.05, 4.69) is 24.3 Å². The number of rotatable bonds is 3. The van der Waals surface area contributed by atoms with Crippen LogP contribution < -0.4 is 0 Å². The van der Waals surface area contributed by atoms with Crippen molar-refractivity contribution in [3.05, 3.63) is 35.9 Å². The van der Waals surface area contributed by atoms with Crippen LogP contribution >= 0.6 is 0 Å². The number of ether oxygens (including phenoxy) is 3. The predicted molar refractivity (Wildman–Crippen MR) is 68.1 cm³/mol. The minimum absolute atomic E-state index is 0.112. The van der Waals surface area contributed by atoms with Crippen molar-refractivity contribution < 1.29 is 14.2 Å². The van der Waals surface area contributed by atoms with Gasteiger partial charge in [-0.3, -0.25) is 0 Å². The third-order valence-corrected chi connectivity index (χ3v) is 3.56. The molecule has 0 amide bonds. The van der Waals surface area contributed by atoms with Gasteiger partial charge in [0.25, 0.3) is 0 Å². The standard InChI is InChI=1S/C15H20O3/c1-15(2)17-13-10-12(16-14(13)18-15)9-8-11-6-4-3-5-7-11/h3-7,12-14H,8-10H2,1-2H3/t12-,13+,14+/m0/s1. The SMILES string of the molecule is CC1(C)O[C@H]2O[C@@H](CCc3ccccc3)C[C@H]2O1. The summed E-state index contributed by atoms with van der Waals surface area (Å²) in [7, 11) is 0. The highest BCUT2D eigenvalue weighted by Gasteiger charge is 2.48. The van der Waals surface area contributed by atoms with Crippen LogP contribution in [0.1, 0.15) is 32.3 Å². The van der Waals surface area contributed by atoms with Crippen LogP contribution in [0.25, 0.3) is 0 Å². The van der Waals surface area contributed by atoms with Crippen molar-refractivity contribution in [1.82, 2.24) is 0 Å². The highest BCUT2D eigenvalue weighted by Crippen LogP contribution is 2.38. The van der Waals surface area contributed by atoms with Crippen molar-refractivity contribution in [3.8, 4) is 0 Å². The van der Waals surface area contributed by atoms with Gasteiger partial charge in [0.15, 0.2) is 12.1 Å². The van der Waals surface area contributed by atoms with Gasteiger partial charge >= 0.3 is 0 Å². The molecule has 2 aliphatic rings. The molecule has 0 unspecified atom stereocenters. The fourth-order valence-corrected chi connectivity index (χ4v) is 2.74. The van der Waals surface area contributed by atoms with E-state index in [1.165, 1.54) is 5.56 Å². The van der Waals surface area contributed by atoms with Gasteiger partial charge in [-0.05, 0) is 32.3 Å². The summed E-state index contributed by atoms with van der Waals surface area (Å²) in [6.45, 7) is 3.88. The molecule has 0 bridgehead atoms. The Morgan fingerprint density at radius 3 is 2.67 bits per heavy atom. The van der Waals surface area contributed by atoms with E-state index in [1.807, 2.05) is 19.9 Å². The molecule has 0 radical (unpaired) electrons. The zero-order valence-electron chi connectivity index (χ0n) is 11.0. The van der Waals surface area contributed by atoms with Crippen LogP contribution in [0.4, 0.5) is 0 Å². The minimum Gasteiger partial charge on any atom is -0.346 e. The van der Waals surface area contributed by atoms with Crippen molar-refractivity contribution in [1.29, 1.82) is 0 Å². The first-order valence-electron chi connectivity index (χ1n) is 6.67. The summed E-state index contributed by atoms with van der Waals surface area (Å²) in [5.41, 5.74) is 1.36. The predicted octanol–water partition coefficient (Wildman–Crippen LogP) is 2.89. The van der Waals surface area contributed by atoms with E-state index in [9.17, 15) is 0 Å². The van der Waals surface area contributed by atoms with E-state index in [0.717, 1.165) is 19.3 Å². The number of benzene rings is 1. The lowest BCUT2D eigenvalue weighted by Crippen LogP contribution is -2.24. The quantitative estimate of drug-likeness (QED) is 0.823. The van der Waals surface area contributed by atoms with Gasteiger partial charge in [-0.1, -0.05) is 30.3 Å². The van der Waals surface area contributed by atoms with Gasteiger partial charge in [0, 0.05) is 6.42 Å². The first-order chi connectivity index (χ1) is 8.62.